The van der Waals surface area contributed by atoms with E-state index >= 15 is 0 Å². The predicted molar refractivity (Wildman–Crippen MR) is 76.6 cm³/mol. The van der Waals surface area contributed by atoms with Crippen molar-refractivity contribution in [1.82, 2.24) is 4.90 Å². The van der Waals surface area contributed by atoms with Gasteiger partial charge in [0.15, 0.2) is 0 Å². The van der Waals surface area contributed by atoms with E-state index in [1.807, 2.05) is 0 Å². The number of carboxylic acid groups (broad SMARTS) is 1. The minimum atomic E-state index is -4.45. The number of amides is 1. The Morgan fingerprint density at radius 2 is 1.91 bits per heavy atom. The number of carbonyl (C=O) groups excluding carboxylic acids is 1. The Hall–Kier alpha value is -2.05. The molecule has 1 aliphatic heterocycles. The van der Waals surface area contributed by atoms with E-state index in [0.29, 0.717) is 6.54 Å². The summed E-state index contributed by atoms with van der Waals surface area (Å²) in [6.45, 7) is 2.21. The number of aliphatic carboxylic acids is 1. The Balaban J connectivity index is 2.00. The molecule has 7 heteroatoms. The second-order valence-corrected chi connectivity index (χ2v) is 5.88. The van der Waals surface area contributed by atoms with Gasteiger partial charge in [0.1, 0.15) is 0 Å². The quantitative estimate of drug-likeness (QED) is 0.924. The van der Waals surface area contributed by atoms with Crippen LogP contribution in [0.5, 0.6) is 0 Å². The van der Waals surface area contributed by atoms with Crippen molar-refractivity contribution in [2.75, 3.05) is 13.1 Å². The van der Waals surface area contributed by atoms with E-state index in [0.717, 1.165) is 6.07 Å². The molecular weight excluding hydrogens is 311 g/mol. The van der Waals surface area contributed by atoms with Crippen LogP contribution in [-0.4, -0.2) is 35.0 Å². The van der Waals surface area contributed by atoms with Crippen LogP contribution in [0.3, 0.4) is 0 Å². The van der Waals surface area contributed by atoms with Gasteiger partial charge in [-0.2, -0.15) is 13.2 Å². The summed E-state index contributed by atoms with van der Waals surface area (Å²) in [4.78, 5) is 24.6. The zero-order chi connectivity index (χ0) is 17.2. The van der Waals surface area contributed by atoms with Crippen LogP contribution in [0.2, 0.25) is 0 Å². The molecule has 23 heavy (non-hydrogen) atoms. The number of benzene rings is 1. The maximum absolute atomic E-state index is 12.9. The summed E-state index contributed by atoms with van der Waals surface area (Å²) < 4.78 is 38.7. The predicted octanol–water partition coefficient (Wildman–Crippen LogP) is 2.82. The second-order valence-electron chi connectivity index (χ2n) is 5.88. The van der Waals surface area contributed by atoms with Gasteiger partial charge in [-0.25, -0.2) is 0 Å². The van der Waals surface area contributed by atoms with Gasteiger partial charge >= 0.3 is 12.1 Å². The molecule has 0 unspecified atom stereocenters. The number of likely N-dealkylation sites (tertiary alicyclic amines) is 1. The molecule has 0 radical (unpaired) electrons. The van der Waals surface area contributed by atoms with Gasteiger partial charge in [0.2, 0.25) is 5.91 Å². The number of rotatable bonds is 4. The van der Waals surface area contributed by atoms with Gasteiger partial charge in [0, 0.05) is 19.5 Å². The van der Waals surface area contributed by atoms with E-state index in [-0.39, 0.29) is 36.8 Å². The lowest BCUT2D eigenvalue weighted by Crippen LogP contribution is -2.30. The molecule has 1 saturated heterocycles. The van der Waals surface area contributed by atoms with Gasteiger partial charge in [-0.15, -0.1) is 0 Å². The number of nitrogens with zero attached hydrogens (tertiary/aromatic N) is 1. The van der Waals surface area contributed by atoms with Crippen molar-refractivity contribution < 1.29 is 27.9 Å². The Bertz CT molecular complexity index is 600. The van der Waals surface area contributed by atoms with E-state index < -0.39 is 23.6 Å². The highest BCUT2D eigenvalue weighted by atomic mass is 19.4. The molecule has 1 aliphatic rings. The minimum Gasteiger partial charge on any atom is -0.481 e. The number of carboxylic acids is 1. The molecule has 0 saturated carbocycles. The first kappa shape index (κ1) is 17.3. The SMILES string of the molecule is C[C@@H]1CN(C(=O)CCc2ccccc2C(F)(F)F)C[C@H]1C(=O)O. The van der Waals surface area contributed by atoms with Crippen LogP contribution in [0.15, 0.2) is 24.3 Å². The molecule has 0 bridgehead atoms. The first-order valence-corrected chi connectivity index (χ1v) is 7.36. The minimum absolute atomic E-state index is 0.0167. The lowest BCUT2D eigenvalue weighted by molar-refractivity contribution is -0.142. The summed E-state index contributed by atoms with van der Waals surface area (Å²) >= 11 is 0. The summed E-state index contributed by atoms with van der Waals surface area (Å²) in [7, 11) is 0. The van der Waals surface area contributed by atoms with Crippen LogP contribution in [0.25, 0.3) is 0 Å². The highest BCUT2D eigenvalue weighted by Gasteiger charge is 2.37. The fraction of sp³-hybridized carbons (Fsp3) is 0.500. The Morgan fingerprint density at radius 3 is 2.48 bits per heavy atom. The fourth-order valence-corrected chi connectivity index (χ4v) is 2.91. The molecule has 1 heterocycles. The van der Waals surface area contributed by atoms with Crippen molar-refractivity contribution in [1.29, 1.82) is 0 Å². The summed E-state index contributed by atoms with van der Waals surface area (Å²) in [6, 6.07) is 5.18. The molecule has 1 N–H and O–H groups in total. The highest BCUT2D eigenvalue weighted by Crippen LogP contribution is 2.32. The van der Waals surface area contributed by atoms with E-state index in [1.165, 1.54) is 23.1 Å². The molecule has 4 nitrogen and oxygen atoms in total. The van der Waals surface area contributed by atoms with Gasteiger partial charge in [-0.1, -0.05) is 25.1 Å². The number of hydrogen-bond donors (Lipinski definition) is 1. The second kappa shape index (κ2) is 6.60. The number of alkyl halides is 3. The molecule has 1 aromatic carbocycles. The maximum atomic E-state index is 12.9. The third-order valence-electron chi connectivity index (χ3n) is 4.21. The van der Waals surface area contributed by atoms with Crippen molar-refractivity contribution in [3.63, 3.8) is 0 Å². The number of aryl methyl sites for hydroxylation is 1. The largest absolute Gasteiger partial charge is 0.481 e. The molecule has 126 valence electrons. The van der Waals surface area contributed by atoms with Crippen molar-refractivity contribution in [3.05, 3.63) is 35.4 Å². The van der Waals surface area contributed by atoms with Crippen LogP contribution in [0.4, 0.5) is 13.2 Å². The number of carbonyl (C=O) groups is 2. The molecule has 1 amide bonds. The summed E-state index contributed by atoms with van der Waals surface area (Å²) in [5.74, 6) is -2.02. The van der Waals surface area contributed by atoms with Crippen molar-refractivity contribution in [2.24, 2.45) is 11.8 Å². The number of halogens is 3. The summed E-state index contributed by atoms with van der Waals surface area (Å²) in [6.07, 6.45) is -4.53. The molecular formula is C16H18F3NO3. The lowest BCUT2D eigenvalue weighted by atomic mass is 9.99. The van der Waals surface area contributed by atoms with Crippen LogP contribution in [0, 0.1) is 11.8 Å². The average Bonchev–Trinajstić information content (AvgIpc) is 2.86. The molecule has 1 fully saturated rings. The van der Waals surface area contributed by atoms with Crippen LogP contribution >= 0.6 is 0 Å². The van der Waals surface area contributed by atoms with Gasteiger partial charge < -0.3 is 10.0 Å². The molecule has 0 aliphatic carbocycles. The average molecular weight is 329 g/mol. The first-order valence-electron chi connectivity index (χ1n) is 7.36. The smallest absolute Gasteiger partial charge is 0.416 e. The van der Waals surface area contributed by atoms with E-state index in [2.05, 4.69) is 0 Å². The summed E-state index contributed by atoms with van der Waals surface area (Å²) in [5.41, 5.74) is -0.651. The van der Waals surface area contributed by atoms with Gasteiger partial charge in [0.25, 0.3) is 0 Å². The van der Waals surface area contributed by atoms with E-state index in [4.69, 9.17) is 5.11 Å². The van der Waals surface area contributed by atoms with Crippen molar-refractivity contribution in [2.45, 2.75) is 25.9 Å². The number of hydrogen-bond acceptors (Lipinski definition) is 2. The Morgan fingerprint density at radius 1 is 1.26 bits per heavy atom. The Labute approximate surface area is 131 Å². The third-order valence-corrected chi connectivity index (χ3v) is 4.21. The highest BCUT2D eigenvalue weighted by molar-refractivity contribution is 5.79. The van der Waals surface area contributed by atoms with Gasteiger partial charge in [-0.3, -0.25) is 9.59 Å². The normalized spacial score (nSPS) is 21.5. The molecule has 1 aromatic rings. The van der Waals surface area contributed by atoms with Gasteiger partial charge in [-0.05, 0) is 24.0 Å². The molecule has 0 aromatic heterocycles. The molecule has 0 spiro atoms. The van der Waals surface area contributed by atoms with E-state index in [9.17, 15) is 22.8 Å². The zero-order valence-corrected chi connectivity index (χ0v) is 12.6. The lowest BCUT2D eigenvalue weighted by Gasteiger charge is -2.17. The topological polar surface area (TPSA) is 57.6 Å². The summed E-state index contributed by atoms with van der Waals surface area (Å²) in [5, 5.41) is 9.05. The monoisotopic (exact) mass is 329 g/mol. The molecule has 2 rings (SSSR count). The standard InChI is InChI=1S/C16H18F3NO3/c1-10-8-20(9-12(10)15(22)23)14(21)7-6-11-4-2-3-5-13(11)16(17,18)19/h2-5,10,12H,6-9H2,1H3,(H,22,23)/t10-,12-/m1/s1. The van der Waals surface area contributed by atoms with Crippen LogP contribution in [-0.2, 0) is 22.2 Å². The van der Waals surface area contributed by atoms with E-state index in [1.54, 1.807) is 6.92 Å². The Kier molecular flexibility index (Phi) is 4.97. The van der Waals surface area contributed by atoms with Gasteiger partial charge in [0.05, 0.1) is 11.5 Å². The first-order chi connectivity index (χ1) is 10.7. The zero-order valence-electron chi connectivity index (χ0n) is 12.6. The molecule has 2 atom stereocenters. The third kappa shape index (κ3) is 4.03. The van der Waals surface area contributed by atoms with Crippen molar-refractivity contribution >= 4 is 11.9 Å². The van der Waals surface area contributed by atoms with Crippen molar-refractivity contribution in [3.8, 4) is 0 Å². The van der Waals surface area contributed by atoms with Crippen LogP contribution in [0.1, 0.15) is 24.5 Å². The maximum Gasteiger partial charge on any atom is 0.416 e. The van der Waals surface area contributed by atoms with Crippen LogP contribution < -0.4 is 0 Å². The fourth-order valence-electron chi connectivity index (χ4n) is 2.91.